The monoisotopic (exact) mass is 258 g/mol. The van der Waals surface area contributed by atoms with Crippen LogP contribution in [0.25, 0.3) is 16.9 Å². The Labute approximate surface area is 107 Å². The highest BCUT2D eigenvalue weighted by Gasteiger charge is 2.11. The Morgan fingerprint density at radius 1 is 1.44 bits per heavy atom. The van der Waals surface area contributed by atoms with Gasteiger partial charge in [-0.15, -0.1) is 11.3 Å². The summed E-state index contributed by atoms with van der Waals surface area (Å²) in [5.74, 6) is 0.247. The molecule has 0 aliphatic rings. The fourth-order valence-electron chi connectivity index (χ4n) is 1.92. The minimum atomic E-state index is 0.247. The number of nitrogen functional groups attached to an aromatic ring is 1. The van der Waals surface area contributed by atoms with E-state index in [1.807, 2.05) is 25.3 Å². The van der Waals surface area contributed by atoms with E-state index in [-0.39, 0.29) is 5.82 Å². The van der Waals surface area contributed by atoms with Crippen LogP contribution >= 0.6 is 11.3 Å². The Morgan fingerprint density at radius 2 is 2.28 bits per heavy atom. The molecule has 6 heteroatoms. The topological polar surface area (TPSA) is 73.3 Å². The SMILES string of the molecule is Cc1scnc1-c1ccc2nc(N)c(C=O)n2c1. The van der Waals surface area contributed by atoms with Crippen LogP contribution in [-0.4, -0.2) is 20.7 Å². The van der Waals surface area contributed by atoms with E-state index in [1.165, 1.54) is 0 Å². The first-order valence-electron chi connectivity index (χ1n) is 5.34. The van der Waals surface area contributed by atoms with Crippen molar-refractivity contribution in [2.24, 2.45) is 0 Å². The van der Waals surface area contributed by atoms with Gasteiger partial charge in [0.15, 0.2) is 12.1 Å². The lowest BCUT2D eigenvalue weighted by Crippen LogP contribution is -1.95. The fraction of sp³-hybridized carbons (Fsp3) is 0.0833. The van der Waals surface area contributed by atoms with Gasteiger partial charge >= 0.3 is 0 Å². The Bertz CT molecular complexity index is 744. The molecular formula is C12H10N4OS. The summed E-state index contributed by atoms with van der Waals surface area (Å²) in [6, 6.07) is 3.76. The smallest absolute Gasteiger partial charge is 0.170 e. The maximum absolute atomic E-state index is 11.0. The molecule has 3 aromatic rings. The minimum Gasteiger partial charge on any atom is -0.382 e. The molecular weight excluding hydrogens is 248 g/mol. The van der Waals surface area contributed by atoms with Crippen LogP contribution in [0.5, 0.6) is 0 Å². The van der Waals surface area contributed by atoms with E-state index >= 15 is 0 Å². The normalized spacial score (nSPS) is 10.9. The summed E-state index contributed by atoms with van der Waals surface area (Å²) in [6.07, 6.45) is 2.55. The van der Waals surface area contributed by atoms with Crippen LogP contribution in [0.2, 0.25) is 0 Å². The number of anilines is 1. The predicted molar refractivity (Wildman–Crippen MR) is 70.8 cm³/mol. The second-order valence-corrected chi connectivity index (χ2v) is 4.96. The Balaban J connectivity index is 2.28. The van der Waals surface area contributed by atoms with E-state index in [2.05, 4.69) is 9.97 Å². The number of rotatable bonds is 2. The van der Waals surface area contributed by atoms with E-state index in [4.69, 9.17) is 5.73 Å². The van der Waals surface area contributed by atoms with E-state index in [0.717, 1.165) is 16.1 Å². The molecule has 3 aromatic heterocycles. The average molecular weight is 258 g/mol. The summed E-state index contributed by atoms with van der Waals surface area (Å²) in [5, 5.41) is 0. The number of aryl methyl sites for hydroxylation is 1. The van der Waals surface area contributed by atoms with Crippen molar-refractivity contribution in [1.82, 2.24) is 14.4 Å². The van der Waals surface area contributed by atoms with Crippen LogP contribution < -0.4 is 5.73 Å². The Hall–Kier alpha value is -2.21. The zero-order valence-corrected chi connectivity index (χ0v) is 10.4. The minimum absolute atomic E-state index is 0.247. The summed E-state index contributed by atoms with van der Waals surface area (Å²) in [4.78, 5) is 20.6. The van der Waals surface area contributed by atoms with Crippen molar-refractivity contribution < 1.29 is 4.79 Å². The molecule has 2 N–H and O–H groups in total. The van der Waals surface area contributed by atoms with Gasteiger partial charge in [-0.25, -0.2) is 9.97 Å². The van der Waals surface area contributed by atoms with Crippen molar-refractivity contribution in [3.05, 3.63) is 34.4 Å². The number of carbonyl (C=O) groups is 1. The molecule has 0 saturated carbocycles. The van der Waals surface area contributed by atoms with E-state index in [0.29, 0.717) is 17.6 Å². The number of carbonyl (C=O) groups excluding carboxylic acids is 1. The lowest BCUT2D eigenvalue weighted by molar-refractivity contribution is 0.111. The molecule has 0 aliphatic carbocycles. The third kappa shape index (κ3) is 1.50. The summed E-state index contributed by atoms with van der Waals surface area (Å²) >= 11 is 1.59. The predicted octanol–water partition coefficient (Wildman–Crippen LogP) is 2.16. The van der Waals surface area contributed by atoms with Crippen molar-refractivity contribution in [2.75, 3.05) is 5.73 Å². The van der Waals surface area contributed by atoms with Gasteiger partial charge in [-0.2, -0.15) is 0 Å². The number of pyridine rings is 1. The maximum atomic E-state index is 11.0. The first-order valence-corrected chi connectivity index (χ1v) is 6.22. The second kappa shape index (κ2) is 3.92. The number of aldehydes is 1. The van der Waals surface area contributed by atoms with Gasteiger partial charge in [0.1, 0.15) is 11.3 Å². The number of aromatic nitrogens is 3. The van der Waals surface area contributed by atoms with E-state index < -0.39 is 0 Å². The Kier molecular flexibility index (Phi) is 2.38. The maximum Gasteiger partial charge on any atom is 0.170 e. The molecule has 5 nitrogen and oxygen atoms in total. The lowest BCUT2D eigenvalue weighted by atomic mass is 10.2. The molecule has 90 valence electrons. The first-order chi connectivity index (χ1) is 8.70. The van der Waals surface area contributed by atoms with Crippen LogP contribution in [0, 0.1) is 6.92 Å². The van der Waals surface area contributed by atoms with Gasteiger partial charge in [-0.05, 0) is 19.1 Å². The highest BCUT2D eigenvalue weighted by molar-refractivity contribution is 7.10. The number of imidazole rings is 1. The molecule has 0 fully saturated rings. The van der Waals surface area contributed by atoms with Gasteiger partial charge in [0.25, 0.3) is 0 Å². The van der Waals surface area contributed by atoms with Gasteiger partial charge < -0.3 is 5.73 Å². The quantitative estimate of drug-likeness (QED) is 0.715. The van der Waals surface area contributed by atoms with Gasteiger partial charge in [-0.3, -0.25) is 9.20 Å². The van der Waals surface area contributed by atoms with E-state index in [9.17, 15) is 4.79 Å². The molecule has 0 amide bonds. The summed E-state index contributed by atoms with van der Waals surface area (Å²) in [7, 11) is 0. The number of nitrogens with two attached hydrogens (primary N) is 1. The fourth-order valence-corrected chi connectivity index (χ4v) is 2.52. The summed E-state index contributed by atoms with van der Waals surface area (Å²) in [6.45, 7) is 2.01. The van der Waals surface area contributed by atoms with Crippen molar-refractivity contribution in [3.8, 4) is 11.3 Å². The molecule has 0 unspecified atom stereocenters. The molecule has 3 heterocycles. The zero-order chi connectivity index (χ0) is 12.7. The number of nitrogens with zero attached hydrogens (tertiary/aromatic N) is 3. The highest BCUT2D eigenvalue weighted by Crippen LogP contribution is 2.25. The molecule has 0 radical (unpaired) electrons. The summed E-state index contributed by atoms with van der Waals surface area (Å²) < 4.78 is 1.69. The van der Waals surface area contributed by atoms with Crippen molar-refractivity contribution >= 4 is 29.1 Å². The van der Waals surface area contributed by atoms with Gasteiger partial charge in [0.05, 0.1) is 11.2 Å². The molecule has 0 saturated heterocycles. The number of thiazole rings is 1. The van der Waals surface area contributed by atoms with Crippen molar-refractivity contribution in [1.29, 1.82) is 0 Å². The van der Waals surface area contributed by atoms with Gasteiger partial charge in [0.2, 0.25) is 0 Å². The standard InChI is InChI=1S/C12H10N4OS/c1-7-11(14-6-18-7)8-2-3-10-15-12(13)9(5-17)16(10)4-8/h2-6H,13H2,1H3. The molecule has 0 bridgehead atoms. The highest BCUT2D eigenvalue weighted by atomic mass is 32.1. The molecule has 0 spiro atoms. The lowest BCUT2D eigenvalue weighted by Gasteiger charge is -2.01. The molecule has 18 heavy (non-hydrogen) atoms. The Morgan fingerprint density at radius 3 is 2.94 bits per heavy atom. The largest absolute Gasteiger partial charge is 0.382 e. The zero-order valence-electron chi connectivity index (χ0n) is 9.62. The van der Waals surface area contributed by atoms with Gasteiger partial charge in [-0.1, -0.05) is 0 Å². The second-order valence-electron chi connectivity index (χ2n) is 3.90. The molecule has 3 rings (SSSR count). The van der Waals surface area contributed by atoms with Crippen LogP contribution in [-0.2, 0) is 0 Å². The number of hydrogen-bond donors (Lipinski definition) is 1. The molecule has 0 aliphatic heterocycles. The van der Waals surface area contributed by atoms with E-state index in [1.54, 1.807) is 21.2 Å². The van der Waals surface area contributed by atoms with Crippen LogP contribution in [0.1, 0.15) is 15.4 Å². The summed E-state index contributed by atoms with van der Waals surface area (Å²) in [5.41, 5.74) is 10.4. The van der Waals surface area contributed by atoms with Crippen molar-refractivity contribution in [2.45, 2.75) is 6.92 Å². The van der Waals surface area contributed by atoms with Gasteiger partial charge in [0, 0.05) is 16.6 Å². The number of hydrogen-bond acceptors (Lipinski definition) is 5. The molecule has 0 atom stereocenters. The molecule has 0 aromatic carbocycles. The van der Waals surface area contributed by atoms with Crippen LogP contribution in [0.4, 0.5) is 5.82 Å². The number of fused-ring (bicyclic) bond motifs is 1. The first kappa shape index (κ1) is 10.9. The van der Waals surface area contributed by atoms with Crippen LogP contribution in [0.3, 0.4) is 0 Å². The van der Waals surface area contributed by atoms with Crippen LogP contribution in [0.15, 0.2) is 23.8 Å². The van der Waals surface area contributed by atoms with Crippen molar-refractivity contribution in [3.63, 3.8) is 0 Å². The third-order valence-corrected chi connectivity index (χ3v) is 3.57. The third-order valence-electron chi connectivity index (χ3n) is 2.81. The average Bonchev–Trinajstić information content (AvgIpc) is 2.90.